The molecule has 0 saturated carbocycles. The molecule has 1 aliphatic rings. The standard InChI is InChI=1S/C12H18N4O2S/c13-10(17)5-8-1-3-16(4-2-8)11(18)6-9-7-19-12(14)15-9/h7-8H,1-6H2,(H2,13,17)(H2,14,15). The summed E-state index contributed by atoms with van der Waals surface area (Å²) in [7, 11) is 0. The fourth-order valence-electron chi connectivity index (χ4n) is 2.34. The molecule has 4 N–H and O–H groups in total. The van der Waals surface area contributed by atoms with Crippen molar-refractivity contribution in [2.45, 2.75) is 25.7 Å². The zero-order valence-electron chi connectivity index (χ0n) is 10.7. The molecule has 2 rings (SSSR count). The number of nitrogen functional groups attached to an aromatic ring is 1. The van der Waals surface area contributed by atoms with E-state index >= 15 is 0 Å². The molecular formula is C12H18N4O2S. The Hall–Kier alpha value is -1.63. The van der Waals surface area contributed by atoms with Gasteiger partial charge in [-0.25, -0.2) is 4.98 Å². The first-order valence-electron chi connectivity index (χ1n) is 6.30. The second kappa shape index (κ2) is 6.01. The van der Waals surface area contributed by atoms with Crippen molar-refractivity contribution in [1.82, 2.24) is 9.88 Å². The van der Waals surface area contributed by atoms with Gasteiger partial charge < -0.3 is 16.4 Å². The number of thiazole rings is 1. The first-order chi connectivity index (χ1) is 9.04. The molecule has 1 fully saturated rings. The van der Waals surface area contributed by atoms with Gasteiger partial charge in [-0.3, -0.25) is 9.59 Å². The minimum atomic E-state index is -0.261. The summed E-state index contributed by atoms with van der Waals surface area (Å²) >= 11 is 1.34. The molecule has 0 atom stereocenters. The third-order valence-electron chi connectivity index (χ3n) is 3.36. The van der Waals surface area contributed by atoms with Crippen LogP contribution in [-0.2, 0) is 16.0 Å². The number of likely N-dealkylation sites (tertiary alicyclic amines) is 1. The van der Waals surface area contributed by atoms with Crippen molar-refractivity contribution >= 4 is 28.3 Å². The highest BCUT2D eigenvalue weighted by molar-refractivity contribution is 7.13. The van der Waals surface area contributed by atoms with E-state index in [-0.39, 0.29) is 11.8 Å². The van der Waals surface area contributed by atoms with Crippen LogP contribution >= 0.6 is 11.3 Å². The summed E-state index contributed by atoms with van der Waals surface area (Å²) in [5.74, 6) is 0.127. The Morgan fingerprint density at radius 2 is 2.11 bits per heavy atom. The molecular weight excluding hydrogens is 264 g/mol. The average Bonchev–Trinajstić information content (AvgIpc) is 2.75. The molecule has 1 aliphatic heterocycles. The lowest BCUT2D eigenvalue weighted by molar-refractivity contribution is -0.132. The number of anilines is 1. The van der Waals surface area contributed by atoms with E-state index in [4.69, 9.17) is 11.5 Å². The van der Waals surface area contributed by atoms with Crippen LogP contribution in [0.1, 0.15) is 25.0 Å². The summed E-state index contributed by atoms with van der Waals surface area (Å²) in [5.41, 5.74) is 11.4. The summed E-state index contributed by atoms with van der Waals surface area (Å²) < 4.78 is 0. The number of carbonyl (C=O) groups excluding carboxylic acids is 2. The maximum atomic E-state index is 12.1. The molecule has 2 amide bonds. The number of nitrogens with two attached hydrogens (primary N) is 2. The predicted octanol–water partition coefficient (Wildman–Crippen LogP) is 0.382. The van der Waals surface area contributed by atoms with E-state index in [1.807, 2.05) is 10.3 Å². The van der Waals surface area contributed by atoms with Crippen LogP contribution in [0.25, 0.3) is 0 Å². The topological polar surface area (TPSA) is 102 Å². The number of nitrogens with zero attached hydrogens (tertiary/aromatic N) is 2. The molecule has 0 spiro atoms. The lowest BCUT2D eigenvalue weighted by Crippen LogP contribution is -2.40. The predicted molar refractivity (Wildman–Crippen MR) is 73.3 cm³/mol. The first kappa shape index (κ1) is 13.8. The van der Waals surface area contributed by atoms with Crippen molar-refractivity contribution in [3.8, 4) is 0 Å². The molecule has 6 nitrogen and oxygen atoms in total. The number of carbonyl (C=O) groups is 2. The fraction of sp³-hybridized carbons (Fsp3) is 0.583. The Morgan fingerprint density at radius 1 is 1.42 bits per heavy atom. The van der Waals surface area contributed by atoms with Gasteiger partial charge in [0.1, 0.15) is 0 Å². The third kappa shape index (κ3) is 3.92. The van der Waals surface area contributed by atoms with Crippen molar-refractivity contribution in [2.24, 2.45) is 11.7 Å². The van der Waals surface area contributed by atoms with Crippen molar-refractivity contribution in [1.29, 1.82) is 0 Å². The van der Waals surface area contributed by atoms with Crippen LogP contribution in [0.3, 0.4) is 0 Å². The van der Waals surface area contributed by atoms with Crippen molar-refractivity contribution in [2.75, 3.05) is 18.8 Å². The summed E-state index contributed by atoms with van der Waals surface area (Å²) in [6, 6.07) is 0. The molecule has 0 unspecified atom stereocenters. The molecule has 2 heterocycles. The number of hydrogen-bond acceptors (Lipinski definition) is 5. The fourth-order valence-corrected chi connectivity index (χ4v) is 2.90. The van der Waals surface area contributed by atoms with E-state index in [0.29, 0.717) is 37.0 Å². The van der Waals surface area contributed by atoms with Crippen LogP contribution in [0.5, 0.6) is 0 Å². The molecule has 104 valence electrons. The van der Waals surface area contributed by atoms with E-state index in [2.05, 4.69) is 4.98 Å². The normalized spacial score (nSPS) is 16.5. The monoisotopic (exact) mass is 282 g/mol. The number of piperidine rings is 1. The summed E-state index contributed by atoms with van der Waals surface area (Å²) in [5, 5.41) is 2.30. The lowest BCUT2D eigenvalue weighted by atomic mass is 9.93. The van der Waals surface area contributed by atoms with Crippen molar-refractivity contribution in [3.05, 3.63) is 11.1 Å². The van der Waals surface area contributed by atoms with Gasteiger partial charge in [0, 0.05) is 24.9 Å². The lowest BCUT2D eigenvalue weighted by Gasteiger charge is -2.31. The van der Waals surface area contributed by atoms with Crippen LogP contribution in [0.4, 0.5) is 5.13 Å². The Labute approximate surface area is 115 Å². The average molecular weight is 282 g/mol. The summed E-state index contributed by atoms with van der Waals surface area (Å²) in [6.45, 7) is 1.38. The minimum Gasteiger partial charge on any atom is -0.375 e. The van der Waals surface area contributed by atoms with Crippen LogP contribution in [0.2, 0.25) is 0 Å². The number of aromatic nitrogens is 1. The Morgan fingerprint density at radius 3 is 2.63 bits per heavy atom. The molecule has 1 aromatic heterocycles. The van der Waals surface area contributed by atoms with E-state index < -0.39 is 0 Å². The zero-order chi connectivity index (χ0) is 13.8. The highest BCUT2D eigenvalue weighted by Crippen LogP contribution is 2.21. The Bertz CT molecular complexity index is 466. The second-order valence-corrected chi connectivity index (χ2v) is 5.74. The van der Waals surface area contributed by atoms with Crippen LogP contribution in [0.15, 0.2) is 5.38 Å². The highest BCUT2D eigenvalue weighted by atomic mass is 32.1. The zero-order valence-corrected chi connectivity index (χ0v) is 11.5. The molecule has 1 aromatic rings. The van der Waals surface area contributed by atoms with E-state index in [9.17, 15) is 9.59 Å². The van der Waals surface area contributed by atoms with E-state index in [1.165, 1.54) is 11.3 Å². The number of amides is 2. The second-order valence-electron chi connectivity index (χ2n) is 4.85. The van der Waals surface area contributed by atoms with Crippen LogP contribution in [-0.4, -0.2) is 34.8 Å². The molecule has 0 aromatic carbocycles. The van der Waals surface area contributed by atoms with Gasteiger partial charge in [-0.2, -0.15) is 0 Å². The molecule has 1 saturated heterocycles. The first-order valence-corrected chi connectivity index (χ1v) is 7.18. The largest absolute Gasteiger partial charge is 0.375 e. The molecule has 0 bridgehead atoms. The van der Waals surface area contributed by atoms with Gasteiger partial charge in [-0.05, 0) is 18.8 Å². The van der Waals surface area contributed by atoms with Gasteiger partial charge in [-0.1, -0.05) is 0 Å². The SMILES string of the molecule is NC(=O)CC1CCN(C(=O)Cc2csc(N)n2)CC1. The Balaban J connectivity index is 1.80. The maximum Gasteiger partial charge on any atom is 0.228 e. The number of primary amides is 1. The molecule has 0 aliphatic carbocycles. The quantitative estimate of drug-likeness (QED) is 0.833. The van der Waals surface area contributed by atoms with Gasteiger partial charge in [-0.15, -0.1) is 11.3 Å². The molecule has 19 heavy (non-hydrogen) atoms. The smallest absolute Gasteiger partial charge is 0.228 e. The Kier molecular flexibility index (Phi) is 4.36. The molecule has 0 radical (unpaired) electrons. The van der Waals surface area contributed by atoms with Crippen LogP contribution < -0.4 is 11.5 Å². The van der Waals surface area contributed by atoms with Gasteiger partial charge in [0.05, 0.1) is 12.1 Å². The molecule has 7 heteroatoms. The van der Waals surface area contributed by atoms with Gasteiger partial charge in [0.15, 0.2) is 5.13 Å². The van der Waals surface area contributed by atoms with Gasteiger partial charge >= 0.3 is 0 Å². The van der Waals surface area contributed by atoms with Gasteiger partial charge in [0.25, 0.3) is 0 Å². The maximum absolute atomic E-state index is 12.1. The van der Waals surface area contributed by atoms with E-state index in [1.54, 1.807) is 0 Å². The van der Waals surface area contributed by atoms with E-state index in [0.717, 1.165) is 18.5 Å². The number of rotatable bonds is 4. The highest BCUT2D eigenvalue weighted by Gasteiger charge is 2.24. The summed E-state index contributed by atoms with van der Waals surface area (Å²) in [6.07, 6.45) is 2.40. The van der Waals surface area contributed by atoms with Crippen molar-refractivity contribution in [3.63, 3.8) is 0 Å². The minimum absolute atomic E-state index is 0.0721. The third-order valence-corrected chi connectivity index (χ3v) is 4.08. The number of hydrogen-bond donors (Lipinski definition) is 2. The van der Waals surface area contributed by atoms with Gasteiger partial charge in [0.2, 0.25) is 11.8 Å². The van der Waals surface area contributed by atoms with Crippen LogP contribution in [0, 0.1) is 5.92 Å². The summed E-state index contributed by atoms with van der Waals surface area (Å²) in [4.78, 5) is 28.8. The van der Waals surface area contributed by atoms with Crippen molar-refractivity contribution < 1.29 is 9.59 Å².